The first-order chi connectivity index (χ1) is 13.7. The average molecular weight is 418 g/mol. The van der Waals surface area contributed by atoms with Crippen LogP contribution in [0.15, 0.2) is 52.4 Å². The number of benzene rings is 2. The average Bonchev–Trinajstić information content (AvgIpc) is 3.44. The second kappa shape index (κ2) is 8.53. The van der Waals surface area contributed by atoms with Gasteiger partial charge >= 0.3 is 0 Å². The van der Waals surface area contributed by atoms with Gasteiger partial charge in [-0.05, 0) is 61.6 Å². The summed E-state index contributed by atoms with van der Waals surface area (Å²) in [7, 11) is -3.22. The number of rotatable bonds is 7. The number of hydrogen-bond donors (Lipinski definition) is 2. The molecule has 0 atom stereocenters. The van der Waals surface area contributed by atoms with Crippen molar-refractivity contribution in [3.8, 4) is 0 Å². The van der Waals surface area contributed by atoms with Crippen LogP contribution in [-0.2, 0) is 21.8 Å². The molecule has 2 aromatic carbocycles. The molecule has 156 valence electrons. The molecule has 0 aliphatic heterocycles. The van der Waals surface area contributed by atoms with E-state index >= 15 is 0 Å². The second-order valence-electron chi connectivity index (χ2n) is 7.71. The minimum atomic E-state index is -3.22. The molecular weight excluding hydrogens is 389 g/mol. The van der Waals surface area contributed by atoms with Gasteiger partial charge in [0.1, 0.15) is 5.82 Å². The Morgan fingerprint density at radius 3 is 2.52 bits per heavy atom. The maximum Gasteiger partial charge on any atom is 0.191 e. The molecule has 7 heteroatoms. The minimum Gasteiger partial charge on any atom is -0.357 e. The summed E-state index contributed by atoms with van der Waals surface area (Å²) in [6, 6.07) is 12.1. The van der Waals surface area contributed by atoms with Gasteiger partial charge in [-0.1, -0.05) is 24.3 Å². The van der Waals surface area contributed by atoms with Gasteiger partial charge in [-0.3, -0.25) is 0 Å². The Kier molecular flexibility index (Phi) is 6.27. The minimum absolute atomic E-state index is 0.0357. The van der Waals surface area contributed by atoms with Crippen molar-refractivity contribution < 1.29 is 12.8 Å². The summed E-state index contributed by atoms with van der Waals surface area (Å²) >= 11 is 0. The Hall–Kier alpha value is -2.41. The van der Waals surface area contributed by atoms with Gasteiger partial charge in [0.05, 0.1) is 11.4 Å². The SMILES string of the molecule is CCNC(=NCc1ccc(S(C)(=O)=O)c(C)c1)NCC1(c2cccc(F)c2)CC1. The summed E-state index contributed by atoms with van der Waals surface area (Å²) in [6.45, 7) is 5.65. The van der Waals surface area contributed by atoms with E-state index in [4.69, 9.17) is 0 Å². The molecule has 1 aliphatic carbocycles. The molecule has 5 nitrogen and oxygen atoms in total. The Morgan fingerprint density at radius 1 is 1.17 bits per heavy atom. The van der Waals surface area contributed by atoms with Crippen molar-refractivity contribution in [1.82, 2.24) is 10.6 Å². The molecule has 0 unspecified atom stereocenters. The van der Waals surface area contributed by atoms with E-state index in [0.29, 0.717) is 23.9 Å². The number of halogens is 1. The summed E-state index contributed by atoms with van der Waals surface area (Å²) in [6.07, 6.45) is 3.26. The van der Waals surface area contributed by atoms with Crippen LogP contribution in [-0.4, -0.2) is 33.7 Å². The molecule has 0 radical (unpaired) electrons. The van der Waals surface area contributed by atoms with Gasteiger partial charge < -0.3 is 10.6 Å². The zero-order valence-electron chi connectivity index (χ0n) is 17.1. The van der Waals surface area contributed by atoms with E-state index in [-0.39, 0.29) is 11.2 Å². The highest BCUT2D eigenvalue weighted by Crippen LogP contribution is 2.47. The van der Waals surface area contributed by atoms with Gasteiger partial charge in [-0.2, -0.15) is 0 Å². The van der Waals surface area contributed by atoms with E-state index in [1.54, 1.807) is 31.2 Å². The predicted molar refractivity (Wildman–Crippen MR) is 114 cm³/mol. The number of aliphatic imine (C=N–C) groups is 1. The molecule has 1 aliphatic rings. The lowest BCUT2D eigenvalue weighted by Crippen LogP contribution is -2.41. The third kappa shape index (κ3) is 5.35. The van der Waals surface area contributed by atoms with Crippen LogP contribution in [0, 0.1) is 12.7 Å². The molecule has 2 N–H and O–H groups in total. The second-order valence-corrected chi connectivity index (χ2v) is 9.70. The van der Waals surface area contributed by atoms with Crippen LogP contribution in [0.1, 0.15) is 36.5 Å². The van der Waals surface area contributed by atoms with Crippen molar-refractivity contribution in [3.05, 3.63) is 65.0 Å². The zero-order chi connectivity index (χ0) is 21.1. The monoisotopic (exact) mass is 417 g/mol. The lowest BCUT2D eigenvalue weighted by atomic mass is 9.96. The standard InChI is InChI=1S/C22H28FN3O2S/c1-4-24-21(25-14-17-8-9-20(16(2)12-17)29(3,27)28)26-15-22(10-11-22)18-6-5-7-19(23)13-18/h5-9,12-13H,4,10-11,14-15H2,1-3H3,(H2,24,25,26). The fourth-order valence-electron chi connectivity index (χ4n) is 3.53. The Balaban J connectivity index is 1.68. The van der Waals surface area contributed by atoms with E-state index in [0.717, 1.165) is 36.1 Å². The van der Waals surface area contributed by atoms with E-state index in [1.807, 2.05) is 19.1 Å². The molecule has 3 rings (SSSR count). The van der Waals surface area contributed by atoms with Gasteiger partial charge in [0.2, 0.25) is 0 Å². The first-order valence-electron chi connectivity index (χ1n) is 9.81. The van der Waals surface area contributed by atoms with Crippen molar-refractivity contribution in [3.63, 3.8) is 0 Å². The fraction of sp³-hybridized carbons (Fsp3) is 0.409. The number of aryl methyl sites for hydroxylation is 1. The summed E-state index contributed by atoms with van der Waals surface area (Å²) in [5.74, 6) is 0.488. The molecule has 0 spiro atoms. The summed E-state index contributed by atoms with van der Waals surface area (Å²) < 4.78 is 37.1. The molecule has 0 aromatic heterocycles. The van der Waals surface area contributed by atoms with Crippen LogP contribution < -0.4 is 10.6 Å². The third-order valence-corrected chi connectivity index (χ3v) is 6.54. The first kappa shape index (κ1) is 21.3. The quantitative estimate of drug-likeness (QED) is 0.536. The number of nitrogens with zero attached hydrogens (tertiary/aromatic N) is 1. The van der Waals surface area contributed by atoms with Crippen molar-refractivity contribution in [1.29, 1.82) is 0 Å². The smallest absolute Gasteiger partial charge is 0.191 e. The summed E-state index contributed by atoms with van der Waals surface area (Å²) in [5.41, 5.74) is 2.65. The van der Waals surface area contributed by atoms with Crippen LogP contribution in [0.5, 0.6) is 0 Å². The Morgan fingerprint density at radius 2 is 1.93 bits per heavy atom. The molecule has 0 heterocycles. The Labute approximate surface area is 172 Å². The molecule has 0 amide bonds. The molecule has 0 saturated heterocycles. The molecule has 29 heavy (non-hydrogen) atoms. The lowest BCUT2D eigenvalue weighted by molar-refractivity contribution is 0.601. The van der Waals surface area contributed by atoms with Gasteiger partial charge in [0.15, 0.2) is 15.8 Å². The predicted octanol–water partition coefficient (Wildman–Crippen LogP) is 3.32. The fourth-order valence-corrected chi connectivity index (χ4v) is 4.49. The van der Waals surface area contributed by atoms with Crippen molar-refractivity contribution in [2.75, 3.05) is 19.3 Å². The lowest BCUT2D eigenvalue weighted by Gasteiger charge is -2.19. The number of guanidine groups is 1. The molecule has 1 fully saturated rings. The number of nitrogens with one attached hydrogen (secondary N) is 2. The highest BCUT2D eigenvalue weighted by atomic mass is 32.2. The van der Waals surface area contributed by atoms with Crippen molar-refractivity contribution in [2.45, 2.75) is 43.5 Å². The topological polar surface area (TPSA) is 70.6 Å². The van der Waals surface area contributed by atoms with Crippen molar-refractivity contribution >= 4 is 15.8 Å². The van der Waals surface area contributed by atoms with Gasteiger partial charge in [-0.15, -0.1) is 0 Å². The third-order valence-electron chi connectivity index (χ3n) is 5.29. The molecule has 2 aromatic rings. The van der Waals surface area contributed by atoms with E-state index in [2.05, 4.69) is 15.6 Å². The summed E-state index contributed by atoms with van der Waals surface area (Å²) in [4.78, 5) is 4.98. The highest BCUT2D eigenvalue weighted by molar-refractivity contribution is 7.90. The number of sulfone groups is 1. The van der Waals surface area contributed by atoms with Crippen molar-refractivity contribution in [2.24, 2.45) is 4.99 Å². The molecule has 0 bridgehead atoms. The van der Waals surface area contributed by atoms with Crippen LogP contribution in [0.2, 0.25) is 0 Å². The van der Waals surface area contributed by atoms with Gasteiger partial charge in [0.25, 0.3) is 0 Å². The van der Waals surface area contributed by atoms with Crippen LogP contribution in [0.4, 0.5) is 4.39 Å². The molecule has 1 saturated carbocycles. The van der Waals surface area contributed by atoms with Gasteiger partial charge in [-0.25, -0.2) is 17.8 Å². The summed E-state index contributed by atoms with van der Waals surface area (Å²) in [5, 5.41) is 6.62. The van der Waals surface area contributed by atoms with Crippen LogP contribution >= 0.6 is 0 Å². The van der Waals surface area contributed by atoms with E-state index in [1.165, 1.54) is 12.3 Å². The Bertz CT molecular complexity index is 1010. The maximum atomic E-state index is 13.6. The normalized spacial score (nSPS) is 15.8. The highest BCUT2D eigenvalue weighted by Gasteiger charge is 2.44. The van der Waals surface area contributed by atoms with E-state index in [9.17, 15) is 12.8 Å². The maximum absolute atomic E-state index is 13.6. The zero-order valence-corrected chi connectivity index (χ0v) is 17.9. The van der Waals surface area contributed by atoms with E-state index < -0.39 is 9.84 Å². The van der Waals surface area contributed by atoms with Crippen LogP contribution in [0.3, 0.4) is 0 Å². The largest absolute Gasteiger partial charge is 0.357 e. The molecular formula is C22H28FN3O2S. The number of hydrogen-bond acceptors (Lipinski definition) is 3. The van der Waals surface area contributed by atoms with Crippen LogP contribution in [0.25, 0.3) is 0 Å². The van der Waals surface area contributed by atoms with Gasteiger partial charge in [0, 0.05) is 24.8 Å². The first-order valence-corrected chi connectivity index (χ1v) is 11.7.